The Bertz CT molecular complexity index is 863. The SMILES string of the molecule is Cc1cc(OBOc2ccc(C(=O)NC3CC3)c(C)c2)ccc1C(=O)NC1CC1. The van der Waals surface area contributed by atoms with Crippen LogP contribution in [0.15, 0.2) is 36.4 Å². The topological polar surface area (TPSA) is 76.7 Å². The lowest BCUT2D eigenvalue weighted by Gasteiger charge is -2.12. The lowest BCUT2D eigenvalue weighted by Crippen LogP contribution is -2.26. The number of hydrogen-bond acceptors (Lipinski definition) is 4. The standard InChI is InChI=1S/C22H25BN2O4/c1-13-11-17(7-9-19(13)21(26)24-15-3-4-15)28-23-29-18-8-10-20(14(2)12-18)22(27)25-16-5-6-16/h7-12,15-16,23H,3-6H2,1-2H3,(H,24,26)(H,25,27). The second-order valence-corrected chi connectivity index (χ2v) is 7.86. The summed E-state index contributed by atoms with van der Waals surface area (Å²) in [7, 11) is 0.0418. The molecule has 0 saturated heterocycles. The Morgan fingerprint density at radius 1 is 0.793 bits per heavy atom. The van der Waals surface area contributed by atoms with E-state index in [4.69, 9.17) is 9.31 Å². The van der Waals surface area contributed by atoms with E-state index in [1.807, 2.05) is 26.0 Å². The van der Waals surface area contributed by atoms with Gasteiger partial charge in [-0.15, -0.1) is 0 Å². The Morgan fingerprint density at radius 3 is 1.55 bits per heavy atom. The Morgan fingerprint density at radius 2 is 1.21 bits per heavy atom. The van der Waals surface area contributed by atoms with Crippen LogP contribution in [0.25, 0.3) is 0 Å². The number of aryl methyl sites for hydroxylation is 2. The molecular formula is C22H25BN2O4. The maximum Gasteiger partial charge on any atom is 0.576 e. The fourth-order valence-electron chi connectivity index (χ4n) is 3.11. The normalized spacial score (nSPS) is 15.4. The number of hydrogen-bond donors (Lipinski definition) is 2. The van der Waals surface area contributed by atoms with Crippen LogP contribution < -0.4 is 19.9 Å². The zero-order chi connectivity index (χ0) is 20.4. The molecule has 2 aromatic rings. The molecule has 0 bridgehead atoms. The van der Waals surface area contributed by atoms with Crippen LogP contribution in [0.3, 0.4) is 0 Å². The molecule has 0 atom stereocenters. The first-order chi connectivity index (χ1) is 14.0. The van der Waals surface area contributed by atoms with E-state index < -0.39 is 0 Å². The first-order valence-corrected chi connectivity index (χ1v) is 10.1. The number of nitrogens with one attached hydrogen (secondary N) is 2. The van der Waals surface area contributed by atoms with Crippen LogP contribution in [-0.4, -0.2) is 31.6 Å². The van der Waals surface area contributed by atoms with Gasteiger partial charge in [-0.25, -0.2) is 0 Å². The van der Waals surface area contributed by atoms with Gasteiger partial charge in [-0.2, -0.15) is 0 Å². The Hall–Kier alpha value is -2.96. The summed E-state index contributed by atoms with van der Waals surface area (Å²) in [5, 5.41) is 5.99. The summed E-state index contributed by atoms with van der Waals surface area (Å²) >= 11 is 0. The van der Waals surface area contributed by atoms with Crippen molar-refractivity contribution >= 4 is 19.5 Å². The van der Waals surface area contributed by atoms with Gasteiger partial charge < -0.3 is 19.9 Å². The van der Waals surface area contributed by atoms with E-state index in [1.54, 1.807) is 24.3 Å². The average molecular weight is 392 g/mol. The van der Waals surface area contributed by atoms with Gasteiger partial charge in [0.15, 0.2) is 0 Å². The van der Waals surface area contributed by atoms with Gasteiger partial charge in [0.2, 0.25) is 0 Å². The van der Waals surface area contributed by atoms with Crippen LogP contribution in [0.5, 0.6) is 11.5 Å². The summed E-state index contributed by atoms with van der Waals surface area (Å²) in [4.78, 5) is 24.4. The predicted molar refractivity (Wildman–Crippen MR) is 112 cm³/mol. The molecular weight excluding hydrogens is 367 g/mol. The van der Waals surface area contributed by atoms with E-state index >= 15 is 0 Å². The number of rotatable bonds is 8. The quantitative estimate of drug-likeness (QED) is 0.678. The zero-order valence-electron chi connectivity index (χ0n) is 16.8. The molecule has 7 heteroatoms. The van der Waals surface area contributed by atoms with E-state index in [0.29, 0.717) is 34.7 Å². The Balaban J connectivity index is 1.30. The molecule has 150 valence electrons. The fraction of sp³-hybridized carbons (Fsp3) is 0.364. The molecule has 0 aliphatic heterocycles. The van der Waals surface area contributed by atoms with Crippen LogP contribution in [0.1, 0.15) is 57.5 Å². The van der Waals surface area contributed by atoms with Gasteiger partial charge in [-0.1, -0.05) is 0 Å². The highest BCUT2D eigenvalue weighted by molar-refractivity contribution is 6.20. The number of amides is 2. The highest BCUT2D eigenvalue weighted by Gasteiger charge is 2.25. The molecule has 2 aromatic carbocycles. The summed E-state index contributed by atoms with van der Waals surface area (Å²) in [6.07, 6.45) is 4.26. The smallest absolute Gasteiger partial charge is 0.529 e. The molecule has 2 aliphatic carbocycles. The molecule has 0 unspecified atom stereocenters. The van der Waals surface area contributed by atoms with Crippen molar-refractivity contribution < 1.29 is 18.9 Å². The third-order valence-electron chi connectivity index (χ3n) is 5.16. The maximum atomic E-state index is 12.2. The second-order valence-electron chi connectivity index (χ2n) is 7.86. The van der Waals surface area contributed by atoms with Crippen molar-refractivity contribution in [1.82, 2.24) is 10.6 Å². The van der Waals surface area contributed by atoms with Crippen molar-refractivity contribution in [2.75, 3.05) is 0 Å². The summed E-state index contributed by atoms with van der Waals surface area (Å²) < 4.78 is 11.3. The van der Waals surface area contributed by atoms with Crippen molar-refractivity contribution in [3.63, 3.8) is 0 Å². The van der Waals surface area contributed by atoms with Crippen molar-refractivity contribution in [2.45, 2.75) is 51.6 Å². The average Bonchev–Trinajstić information content (AvgIpc) is 3.59. The minimum atomic E-state index is -0.0333. The molecule has 2 N–H and O–H groups in total. The summed E-state index contributed by atoms with van der Waals surface area (Å²) in [5.74, 6) is 1.22. The van der Waals surface area contributed by atoms with Crippen molar-refractivity contribution in [3.8, 4) is 11.5 Å². The molecule has 0 aromatic heterocycles. The zero-order valence-corrected chi connectivity index (χ0v) is 16.8. The molecule has 2 amide bonds. The molecule has 2 aliphatic rings. The third-order valence-corrected chi connectivity index (χ3v) is 5.16. The predicted octanol–water partition coefficient (Wildman–Crippen LogP) is 2.81. The molecule has 0 spiro atoms. The van der Waals surface area contributed by atoms with Gasteiger partial charge in [-0.05, 0) is 87.1 Å². The van der Waals surface area contributed by atoms with Gasteiger partial charge in [0, 0.05) is 23.2 Å². The molecule has 0 radical (unpaired) electrons. The van der Waals surface area contributed by atoms with Crippen LogP contribution in [-0.2, 0) is 0 Å². The summed E-state index contributed by atoms with van der Waals surface area (Å²) in [5.41, 5.74) is 3.06. The van der Waals surface area contributed by atoms with Crippen LogP contribution >= 0.6 is 0 Å². The Kier molecular flexibility index (Phi) is 5.47. The minimum absolute atomic E-state index is 0.0333. The van der Waals surface area contributed by atoms with Crippen LogP contribution in [0.4, 0.5) is 0 Å². The first-order valence-electron chi connectivity index (χ1n) is 10.1. The Labute approximate surface area is 171 Å². The van der Waals surface area contributed by atoms with Crippen LogP contribution in [0, 0.1) is 13.8 Å². The molecule has 2 saturated carbocycles. The third kappa shape index (κ3) is 5.10. The molecule has 29 heavy (non-hydrogen) atoms. The van der Waals surface area contributed by atoms with E-state index in [2.05, 4.69) is 10.6 Å². The van der Waals surface area contributed by atoms with E-state index in [-0.39, 0.29) is 19.5 Å². The van der Waals surface area contributed by atoms with Gasteiger partial charge in [0.05, 0.1) is 0 Å². The molecule has 4 rings (SSSR count). The van der Waals surface area contributed by atoms with E-state index in [0.717, 1.165) is 36.8 Å². The van der Waals surface area contributed by atoms with Crippen molar-refractivity contribution in [2.24, 2.45) is 0 Å². The summed E-state index contributed by atoms with van der Waals surface area (Å²) in [6.45, 7) is 3.79. The molecule has 6 nitrogen and oxygen atoms in total. The van der Waals surface area contributed by atoms with Gasteiger partial charge in [-0.3, -0.25) is 9.59 Å². The largest absolute Gasteiger partial charge is 0.576 e. The lowest BCUT2D eigenvalue weighted by atomic mass is 10.1. The van der Waals surface area contributed by atoms with Gasteiger partial charge in [0.25, 0.3) is 11.8 Å². The highest BCUT2D eigenvalue weighted by Crippen LogP contribution is 2.23. The minimum Gasteiger partial charge on any atom is -0.529 e. The van der Waals surface area contributed by atoms with Crippen LogP contribution in [0.2, 0.25) is 0 Å². The lowest BCUT2D eigenvalue weighted by molar-refractivity contribution is 0.0942. The fourth-order valence-corrected chi connectivity index (χ4v) is 3.11. The molecule has 0 heterocycles. The maximum absolute atomic E-state index is 12.2. The monoisotopic (exact) mass is 392 g/mol. The molecule has 2 fully saturated rings. The van der Waals surface area contributed by atoms with Crippen molar-refractivity contribution in [1.29, 1.82) is 0 Å². The second kappa shape index (κ2) is 8.19. The number of benzene rings is 2. The number of carbonyl (C=O) groups is 2. The van der Waals surface area contributed by atoms with Crippen molar-refractivity contribution in [3.05, 3.63) is 58.7 Å². The van der Waals surface area contributed by atoms with Gasteiger partial charge >= 0.3 is 7.69 Å². The summed E-state index contributed by atoms with van der Waals surface area (Å²) in [6, 6.07) is 11.4. The van der Waals surface area contributed by atoms with Gasteiger partial charge in [0.1, 0.15) is 11.5 Å². The highest BCUT2D eigenvalue weighted by atomic mass is 16.6. The van der Waals surface area contributed by atoms with E-state index in [1.165, 1.54) is 0 Å². The number of carbonyl (C=O) groups excluding carboxylic acids is 2. The first kappa shape index (κ1) is 19.4. The van der Waals surface area contributed by atoms with E-state index in [9.17, 15) is 9.59 Å².